The largest absolute Gasteiger partial charge is 0.481 e. The number of rotatable bonds is 7. The van der Waals surface area contributed by atoms with Crippen LogP contribution < -0.4 is 5.32 Å². The highest BCUT2D eigenvalue weighted by molar-refractivity contribution is 5.67. The molecule has 5 heteroatoms. The summed E-state index contributed by atoms with van der Waals surface area (Å²) in [5, 5.41) is 11.9. The standard InChI is InChI=1S/C12H19N3O2/c1-9(2)6-10(7-11(16)17)8-15-12-13-4-3-5-14-12/h3-5,9-10H,6-8H2,1-2H3,(H,16,17)(H,13,14,15). The van der Waals surface area contributed by atoms with E-state index in [4.69, 9.17) is 5.11 Å². The van der Waals surface area contributed by atoms with Crippen LogP contribution in [0.4, 0.5) is 5.95 Å². The maximum atomic E-state index is 10.7. The quantitative estimate of drug-likeness (QED) is 0.759. The van der Waals surface area contributed by atoms with Crippen LogP contribution in [0, 0.1) is 11.8 Å². The number of hydrogen-bond acceptors (Lipinski definition) is 4. The van der Waals surface area contributed by atoms with Crippen molar-refractivity contribution in [1.82, 2.24) is 9.97 Å². The molecule has 1 aromatic rings. The van der Waals surface area contributed by atoms with E-state index in [-0.39, 0.29) is 12.3 Å². The third kappa shape index (κ3) is 5.85. The van der Waals surface area contributed by atoms with Crippen molar-refractivity contribution in [1.29, 1.82) is 0 Å². The number of aliphatic carboxylic acids is 1. The number of carbonyl (C=O) groups is 1. The van der Waals surface area contributed by atoms with Crippen LogP contribution in [0.1, 0.15) is 26.7 Å². The van der Waals surface area contributed by atoms with Gasteiger partial charge in [0.05, 0.1) is 0 Å². The van der Waals surface area contributed by atoms with Gasteiger partial charge in [-0.15, -0.1) is 0 Å². The molecule has 1 heterocycles. The van der Waals surface area contributed by atoms with Crippen molar-refractivity contribution in [2.75, 3.05) is 11.9 Å². The van der Waals surface area contributed by atoms with Crippen LogP contribution in [-0.4, -0.2) is 27.6 Å². The van der Waals surface area contributed by atoms with E-state index in [0.29, 0.717) is 18.4 Å². The maximum absolute atomic E-state index is 10.7. The number of anilines is 1. The molecule has 0 aliphatic carbocycles. The second kappa shape index (κ2) is 6.83. The summed E-state index contributed by atoms with van der Waals surface area (Å²) in [6.45, 7) is 4.77. The monoisotopic (exact) mass is 237 g/mol. The number of hydrogen-bond donors (Lipinski definition) is 2. The van der Waals surface area contributed by atoms with Crippen molar-refractivity contribution in [3.8, 4) is 0 Å². The molecule has 1 aromatic heterocycles. The predicted molar refractivity (Wildman–Crippen MR) is 65.7 cm³/mol. The van der Waals surface area contributed by atoms with E-state index in [9.17, 15) is 4.79 Å². The summed E-state index contributed by atoms with van der Waals surface area (Å²) in [6.07, 6.45) is 4.37. The summed E-state index contributed by atoms with van der Waals surface area (Å²) in [5.41, 5.74) is 0. The zero-order valence-electron chi connectivity index (χ0n) is 10.3. The number of nitrogens with one attached hydrogen (secondary N) is 1. The maximum Gasteiger partial charge on any atom is 0.303 e. The van der Waals surface area contributed by atoms with Gasteiger partial charge in [-0.25, -0.2) is 9.97 Å². The van der Waals surface area contributed by atoms with Crippen LogP contribution in [0.15, 0.2) is 18.5 Å². The summed E-state index contributed by atoms with van der Waals surface area (Å²) >= 11 is 0. The Balaban J connectivity index is 2.45. The van der Waals surface area contributed by atoms with Gasteiger partial charge in [-0.05, 0) is 24.3 Å². The van der Waals surface area contributed by atoms with E-state index in [1.54, 1.807) is 18.5 Å². The fourth-order valence-corrected chi connectivity index (χ4v) is 1.78. The van der Waals surface area contributed by atoms with E-state index in [1.165, 1.54) is 0 Å². The molecule has 0 saturated heterocycles. The zero-order chi connectivity index (χ0) is 12.7. The van der Waals surface area contributed by atoms with Gasteiger partial charge in [0.2, 0.25) is 5.95 Å². The molecule has 0 saturated carbocycles. The first-order chi connectivity index (χ1) is 8.08. The Morgan fingerprint density at radius 1 is 1.41 bits per heavy atom. The van der Waals surface area contributed by atoms with Crippen LogP contribution in [0.2, 0.25) is 0 Å². The van der Waals surface area contributed by atoms with Crippen LogP contribution in [0.25, 0.3) is 0 Å². The molecule has 0 fully saturated rings. The number of carboxylic acid groups (broad SMARTS) is 1. The number of aromatic nitrogens is 2. The van der Waals surface area contributed by atoms with Crippen molar-refractivity contribution >= 4 is 11.9 Å². The van der Waals surface area contributed by atoms with Crippen molar-refractivity contribution in [2.24, 2.45) is 11.8 Å². The van der Waals surface area contributed by atoms with E-state index >= 15 is 0 Å². The zero-order valence-corrected chi connectivity index (χ0v) is 10.3. The third-order valence-corrected chi connectivity index (χ3v) is 2.38. The third-order valence-electron chi connectivity index (χ3n) is 2.38. The molecule has 0 spiro atoms. The first-order valence-corrected chi connectivity index (χ1v) is 5.80. The average molecular weight is 237 g/mol. The van der Waals surface area contributed by atoms with Gasteiger partial charge < -0.3 is 10.4 Å². The smallest absolute Gasteiger partial charge is 0.303 e. The summed E-state index contributed by atoms with van der Waals surface area (Å²) in [4.78, 5) is 18.8. The lowest BCUT2D eigenvalue weighted by Gasteiger charge is -2.17. The molecule has 0 bridgehead atoms. The Labute approximate surface area is 101 Å². The van der Waals surface area contributed by atoms with Gasteiger partial charge in [0.1, 0.15) is 0 Å². The van der Waals surface area contributed by atoms with Gasteiger partial charge >= 0.3 is 5.97 Å². The second-order valence-corrected chi connectivity index (χ2v) is 4.55. The summed E-state index contributed by atoms with van der Waals surface area (Å²) in [5.74, 6) is 0.382. The highest BCUT2D eigenvalue weighted by Crippen LogP contribution is 2.15. The SMILES string of the molecule is CC(C)CC(CNc1ncccn1)CC(=O)O. The second-order valence-electron chi connectivity index (χ2n) is 4.55. The Morgan fingerprint density at radius 3 is 2.59 bits per heavy atom. The molecular weight excluding hydrogens is 218 g/mol. The van der Waals surface area contributed by atoms with Crippen molar-refractivity contribution in [2.45, 2.75) is 26.7 Å². The van der Waals surface area contributed by atoms with Crippen LogP contribution >= 0.6 is 0 Å². The first-order valence-electron chi connectivity index (χ1n) is 5.80. The lowest BCUT2D eigenvalue weighted by molar-refractivity contribution is -0.138. The highest BCUT2D eigenvalue weighted by Gasteiger charge is 2.15. The Hall–Kier alpha value is -1.65. The van der Waals surface area contributed by atoms with Gasteiger partial charge in [0.15, 0.2) is 0 Å². The number of nitrogens with zero attached hydrogens (tertiary/aromatic N) is 2. The molecule has 1 rings (SSSR count). The molecule has 0 amide bonds. The van der Waals surface area contributed by atoms with E-state index in [0.717, 1.165) is 6.42 Å². The molecule has 5 nitrogen and oxygen atoms in total. The molecular formula is C12H19N3O2. The molecule has 1 atom stereocenters. The predicted octanol–water partition coefficient (Wildman–Crippen LogP) is 2.03. The lowest BCUT2D eigenvalue weighted by Crippen LogP contribution is -2.20. The van der Waals surface area contributed by atoms with Crippen LogP contribution in [0.5, 0.6) is 0 Å². The molecule has 17 heavy (non-hydrogen) atoms. The molecule has 0 aliphatic heterocycles. The van der Waals surface area contributed by atoms with Crippen LogP contribution in [0.3, 0.4) is 0 Å². The van der Waals surface area contributed by atoms with E-state index in [1.807, 2.05) is 0 Å². The molecule has 2 N–H and O–H groups in total. The van der Waals surface area contributed by atoms with E-state index < -0.39 is 5.97 Å². The van der Waals surface area contributed by atoms with Gasteiger partial charge in [0, 0.05) is 25.4 Å². The van der Waals surface area contributed by atoms with Crippen molar-refractivity contribution < 1.29 is 9.90 Å². The summed E-state index contributed by atoms with van der Waals surface area (Å²) < 4.78 is 0. The Kier molecular flexibility index (Phi) is 5.39. The van der Waals surface area contributed by atoms with Crippen LogP contribution in [-0.2, 0) is 4.79 Å². The van der Waals surface area contributed by atoms with Gasteiger partial charge in [0.25, 0.3) is 0 Å². The Bertz CT molecular complexity index is 341. The highest BCUT2D eigenvalue weighted by atomic mass is 16.4. The molecule has 0 radical (unpaired) electrons. The van der Waals surface area contributed by atoms with Gasteiger partial charge in [-0.1, -0.05) is 13.8 Å². The normalized spacial score (nSPS) is 12.4. The fraction of sp³-hybridized carbons (Fsp3) is 0.583. The summed E-state index contributed by atoms with van der Waals surface area (Å²) in [7, 11) is 0. The van der Waals surface area contributed by atoms with Crippen molar-refractivity contribution in [3.63, 3.8) is 0 Å². The topological polar surface area (TPSA) is 75.1 Å². The van der Waals surface area contributed by atoms with Gasteiger partial charge in [-0.2, -0.15) is 0 Å². The first kappa shape index (κ1) is 13.4. The molecule has 1 unspecified atom stereocenters. The molecule has 94 valence electrons. The minimum atomic E-state index is -0.758. The summed E-state index contributed by atoms with van der Waals surface area (Å²) in [6, 6.07) is 1.74. The fourth-order valence-electron chi connectivity index (χ4n) is 1.78. The lowest BCUT2D eigenvalue weighted by atomic mass is 9.94. The Morgan fingerprint density at radius 2 is 2.06 bits per heavy atom. The van der Waals surface area contributed by atoms with E-state index in [2.05, 4.69) is 29.1 Å². The average Bonchev–Trinajstić information content (AvgIpc) is 2.26. The molecule has 0 aliphatic rings. The molecule has 0 aromatic carbocycles. The van der Waals surface area contributed by atoms with Gasteiger partial charge in [-0.3, -0.25) is 4.79 Å². The van der Waals surface area contributed by atoms with Crippen molar-refractivity contribution in [3.05, 3.63) is 18.5 Å². The number of carboxylic acids is 1. The minimum absolute atomic E-state index is 0.108. The minimum Gasteiger partial charge on any atom is -0.481 e.